The molecule has 0 N–H and O–H groups in total. The van der Waals surface area contributed by atoms with Crippen LogP contribution in [0.1, 0.15) is 44.0 Å². The molecule has 0 saturated carbocycles. The zero-order valence-corrected chi connectivity index (χ0v) is 18.2. The van der Waals surface area contributed by atoms with Crippen molar-refractivity contribution in [2.75, 3.05) is 33.3 Å². The first-order valence-corrected chi connectivity index (χ1v) is 10.3. The zero-order chi connectivity index (χ0) is 21.6. The van der Waals surface area contributed by atoms with E-state index >= 15 is 0 Å². The third-order valence-electron chi connectivity index (χ3n) is 4.65. The number of hydrogen-bond acceptors (Lipinski definition) is 5. The number of carbonyl (C=O) groups is 3. The first-order chi connectivity index (χ1) is 13.7. The minimum absolute atomic E-state index is 0.0952. The fourth-order valence-electron chi connectivity index (χ4n) is 3.26. The summed E-state index contributed by atoms with van der Waals surface area (Å²) >= 11 is 6.06. The molecule has 1 aromatic rings. The Hall–Kier alpha value is -2.28. The molecule has 2 rings (SSSR count). The van der Waals surface area contributed by atoms with Gasteiger partial charge in [0.15, 0.2) is 0 Å². The minimum Gasteiger partial charge on any atom is -0.490 e. The van der Waals surface area contributed by atoms with Gasteiger partial charge in [0.1, 0.15) is 5.75 Å². The van der Waals surface area contributed by atoms with E-state index in [4.69, 9.17) is 21.1 Å². The van der Waals surface area contributed by atoms with Crippen molar-refractivity contribution in [1.82, 2.24) is 9.80 Å². The molecule has 0 aliphatic carbocycles. The highest BCUT2D eigenvalue weighted by Crippen LogP contribution is 2.25. The molecule has 1 saturated heterocycles. The van der Waals surface area contributed by atoms with Crippen molar-refractivity contribution in [2.24, 2.45) is 5.92 Å². The van der Waals surface area contributed by atoms with Crippen LogP contribution >= 0.6 is 11.6 Å². The van der Waals surface area contributed by atoms with E-state index in [0.717, 1.165) is 6.42 Å². The summed E-state index contributed by atoms with van der Waals surface area (Å²) in [6, 6.07) is 4.85. The molecular weight excluding hydrogens is 396 g/mol. The SMILES string of the molecule is CCOC(=O)C1CCCN(C(=O)CN(C)C(=O)c2cc(Cl)ccc2OC(C)C)C1. The number of benzene rings is 1. The van der Waals surface area contributed by atoms with Gasteiger partial charge in [0.05, 0.1) is 30.7 Å². The van der Waals surface area contributed by atoms with Crippen LogP contribution < -0.4 is 4.74 Å². The topological polar surface area (TPSA) is 76.2 Å². The zero-order valence-electron chi connectivity index (χ0n) is 17.4. The monoisotopic (exact) mass is 424 g/mol. The second-order valence-corrected chi connectivity index (χ2v) is 7.84. The molecule has 29 heavy (non-hydrogen) atoms. The molecule has 1 heterocycles. The molecule has 8 heteroatoms. The number of nitrogens with zero attached hydrogens (tertiary/aromatic N) is 2. The van der Waals surface area contributed by atoms with Gasteiger partial charge in [0.25, 0.3) is 5.91 Å². The van der Waals surface area contributed by atoms with Gasteiger partial charge < -0.3 is 19.3 Å². The number of halogens is 1. The summed E-state index contributed by atoms with van der Waals surface area (Å²) < 4.78 is 10.8. The number of amides is 2. The molecule has 1 aliphatic heterocycles. The van der Waals surface area contributed by atoms with Crippen LogP contribution in [-0.2, 0) is 14.3 Å². The van der Waals surface area contributed by atoms with E-state index in [2.05, 4.69) is 0 Å². The van der Waals surface area contributed by atoms with Gasteiger partial charge in [-0.2, -0.15) is 0 Å². The van der Waals surface area contributed by atoms with Crippen LogP contribution in [0.5, 0.6) is 5.75 Å². The van der Waals surface area contributed by atoms with Gasteiger partial charge in [0.2, 0.25) is 5.91 Å². The maximum absolute atomic E-state index is 12.9. The minimum atomic E-state index is -0.351. The van der Waals surface area contributed by atoms with Crippen LogP contribution in [0.4, 0.5) is 0 Å². The molecule has 1 atom stereocenters. The molecule has 1 aromatic carbocycles. The summed E-state index contributed by atoms with van der Waals surface area (Å²) in [5.74, 6) is -0.718. The Morgan fingerprint density at radius 2 is 2.03 bits per heavy atom. The van der Waals surface area contributed by atoms with Crippen LogP contribution in [-0.4, -0.2) is 67.0 Å². The van der Waals surface area contributed by atoms with Crippen molar-refractivity contribution < 1.29 is 23.9 Å². The average molecular weight is 425 g/mol. The molecule has 2 amide bonds. The molecular formula is C21H29ClN2O5. The number of ether oxygens (including phenoxy) is 2. The van der Waals surface area contributed by atoms with Crippen LogP contribution in [0.25, 0.3) is 0 Å². The highest BCUT2D eigenvalue weighted by atomic mass is 35.5. The first-order valence-electron chi connectivity index (χ1n) is 9.89. The average Bonchev–Trinajstić information content (AvgIpc) is 2.68. The van der Waals surface area contributed by atoms with E-state index in [-0.39, 0.29) is 36.4 Å². The number of likely N-dealkylation sites (N-methyl/N-ethyl adjacent to an activating group) is 1. The van der Waals surface area contributed by atoms with Crippen molar-refractivity contribution in [3.63, 3.8) is 0 Å². The predicted molar refractivity (Wildman–Crippen MR) is 110 cm³/mol. The number of esters is 1. The predicted octanol–water partition coefficient (Wildman–Crippen LogP) is 3.00. The molecule has 1 unspecified atom stereocenters. The Balaban J connectivity index is 2.05. The molecule has 0 spiro atoms. The Kier molecular flexibility index (Phi) is 8.32. The standard InChI is InChI=1S/C21H29ClN2O5/c1-5-28-21(27)15-7-6-10-24(12-15)19(25)13-23(4)20(26)17-11-16(22)8-9-18(17)29-14(2)3/h8-9,11,14-15H,5-7,10,12-13H2,1-4H3. The second kappa shape index (κ2) is 10.5. The second-order valence-electron chi connectivity index (χ2n) is 7.40. The summed E-state index contributed by atoms with van der Waals surface area (Å²) in [5, 5.41) is 0.414. The van der Waals surface area contributed by atoms with E-state index in [1.54, 1.807) is 37.1 Å². The van der Waals surface area contributed by atoms with Crippen LogP contribution in [0, 0.1) is 5.92 Å². The highest BCUT2D eigenvalue weighted by molar-refractivity contribution is 6.31. The fourth-order valence-corrected chi connectivity index (χ4v) is 3.43. The number of hydrogen-bond donors (Lipinski definition) is 0. The van der Waals surface area contributed by atoms with Gasteiger partial charge in [0, 0.05) is 25.2 Å². The molecule has 1 fully saturated rings. The molecule has 7 nitrogen and oxygen atoms in total. The van der Waals surface area contributed by atoms with Gasteiger partial charge in [-0.1, -0.05) is 11.6 Å². The number of carbonyl (C=O) groups excluding carboxylic acids is 3. The Morgan fingerprint density at radius 1 is 1.31 bits per heavy atom. The first kappa shape index (κ1) is 23.0. The normalized spacial score (nSPS) is 16.5. The third kappa shape index (κ3) is 6.35. The molecule has 1 aliphatic rings. The number of rotatable bonds is 7. The molecule has 0 radical (unpaired) electrons. The van der Waals surface area contributed by atoms with Gasteiger partial charge in [-0.15, -0.1) is 0 Å². The molecule has 0 aromatic heterocycles. The van der Waals surface area contributed by atoms with Crippen molar-refractivity contribution in [3.8, 4) is 5.75 Å². The lowest BCUT2D eigenvalue weighted by atomic mass is 9.98. The Labute approximate surface area is 176 Å². The van der Waals surface area contributed by atoms with Gasteiger partial charge in [-0.25, -0.2) is 0 Å². The quantitative estimate of drug-likeness (QED) is 0.629. The summed E-state index contributed by atoms with van der Waals surface area (Å²) in [7, 11) is 1.56. The van der Waals surface area contributed by atoms with Gasteiger partial charge in [-0.05, 0) is 51.8 Å². The van der Waals surface area contributed by atoms with Crippen LogP contribution in [0.3, 0.4) is 0 Å². The van der Waals surface area contributed by atoms with Gasteiger partial charge >= 0.3 is 5.97 Å². The lowest BCUT2D eigenvalue weighted by Crippen LogP contribution is -2.47. The molecule has 160 valence electrons. The number of likely N-dealkylation sites (tertiary alicyclic amines) is 1. The van der Waals surface area contributed by atoms with Gasteiger partial charge in [-0.3, -0.25) is 14.4 Å². The van der Waals surface area contributed by atoms with Crippen molar-refractivity contribution >= 4 is 29.4 Å². The van der Waals surface area contributed by atoms with Crippen molar-refractivity contribution in [1.29, 1.82) is 0 Å². The summed E-state index contributed by atoms with van der Waals surface area (Å²) in [5.41, 5.74) is 0.310. The van der Waals surface area contributed by atoms with E-state index in [1.807, 2.05) is 13.8 Å². The number of piperidine rings is 1. The largest absolute Gasteiger partial charge is 0.490 e. The lowest BCUT2D eigenvalue weighted by Gasteiger charge is -2.32. The van der Waals surface area contributed by atoms with E-state index < -0.39 is 0 Å². The Morgan fingerprint density at radius 3 is 2.69 bits per heavy atom. The van der Waals surface area contributed by atoms with Crippen molar-refractivity contribution in [3.05, 3.63) is 28.8 Å². The fraction of sp³-hybridized carbons (Fsp3) is 0.571. The summed E-state index contributed by atoms with van der Waals surface area (Å²) in [6.45, 7) is 6.60. The van der Waals surface area contributed by atoms with Crippen LogP contribution in [0.15, 0.2) is 18.2 Å². The summed E-state index contributed by atoms with van der Waals surface area (Å²) in [6.07, 6.45) is 1.33. The van der Waals surface area contributed by atoms with E-state index in [0.29, 0.717) is 42.5 Å². The lowest BCUT2D eigenvalue weighted by molar-refractivity contribution is -0.151. The highest BCUT2D eigenvalue weighted by Gasteiger charge is 2.30. The van der Waals surface area contributed by atoms with E-state index in [9.17, 15) is 14.4 Å². The van der Waals surface area contributed by atoms with E-state index in [1.165, 1.54) is 4.90 Å². The maximum atomic E-state index is 12.9. The molecule has 0 bridgehead atoms. The van der Waals surface area contributed by atoms with Crippen molar-refractivity contribution in [2.45, 2.75) is 39.7 Å². The Bertz CT molecular complexity index is 753. The van der Waals surface area contributed by atoms with Crippen LogP contribution in [0.2, 0.25) is 5.02 Å². The maximum Gasteiger partial charge on any atom is 0.310 e. The third-order valence-corrected chi connectivity index (χ3v) is 4.88. The summed E-state index contributed by atoms with van der Waals surface area (Å²) in [4.78, 5) is 40.6. The smallest absolute Gasteiger partial charge is 0.310 e.